The molecule has 0 spiro atoms. The lowest BCUT2D eigenvalue weighted by atomic mass is 9.78. The number of nitrogens with one attached hydrogen (secondary N) is 1. The van der Waals surface area contributed by atoms with Crippen LogP contribution in [0.3, 0.4) is 0 Å². The zero-order valence-corrected chi connectivity index (χ0v) is 12.8. The summed E-state index contributed by atoms with van der Waals surface area (Å²) in [6, 6.07) is 7.58. The van der Waals surface area contributed by atoms with Gasteiger partial charge in [0.15, 0.2) is 0 Å². The lowest BCUT2D eigenvalue weighted by Crippen LogP contribution is -2.48. The van der Waals surface area contributed by atoms with Crippen molar-refractivity contribution in [3.63, 3.8) is 0 Å². The first kappa shape index (κ1) is 14.5. The molecule has 2 fully saturated rings. The van der Waals surface area contributed by atoms with Gasteiger partial charge in [-0.3, -0.25) is 4.79 Å². The molecule has 2 heterocycles. The van der Waals surface area contributed by atoms with Crippen molar-refractivity contribution in [3.05, 3.63) is 34.3 Å². The predicted octanol–water partition coefficient (Wildman–Crippen LogP) is 0.609. The van der Waals surface area contributed by atoms with Gasteiger partial charge in [-0.2, -0.15) is 0 Å². The first-order valence-electron chi connectivity index (χ1n) is 6.95. The average Bonchev–Trinajstić information content (AvgIpc) is 3.06. The number of ether oxygens (including phenoxy) is 1. The van der Waals surface area contributed by atoms with Crippen molar-refractivity contribution in [1.29, 1.82) is 0 Å². The summed E-state index contributed by atoms with van der Waals surface area (Å²) in [7, 11) is 0. The van der Waals surface area contributed by atoms with Gasteiger partial charge in [0.2, 0.25) is 5.91 Å². The number of aliphatic carboxylic acids is 1. The van der Waals surface area contributed by atoms with Crippen LogP contribution < -0.4 is 10.4 Å². The van der Waals surface area contributed by atoms with E-state index >= 15 is 0 Å². The molecule has 21 heavy (non-hydrogen) atoms. The molecule has 0 radical (unpaired) electrons. The van der Waals surface area contributed by atoms with Crippen molar-refractivity contribution >= 4 is 27.8 Å². The van der Waals surface area contributed by atoms with E-state index in [1.807, 2.05) is 24.3 Å². The summed E-state index contributed by atoms with van der Waals surface area (Å²) >= 11 is 3.42. The number of halogens is 1. The summed E-state index contributed by atoms with van der Waals surface area (Å²) in [6.45, 7) is 0.355. The topological polar surface area (TPSA) is 78.5 Å². The van der Waals surface area contributed by atoms with Crippen LogP contribution in [0.5, 0.6) is 0 Å². The number of rotatable bonds is 4. The smallest absolute Gasteiger partial charge is 0.226 e. The molecule has 3 rings (SSSR count). The molecule has 0 unspecified atom stereocenters. The van der Waals surface area contributed by atoms with E-state index in [0.29, 0.717) is 13.0 Å². The fourth-order valence-corrected chi connectivity index (χ4v) is 3.68. The van der Waals surface area contributed by atoms with E-state index in [0.717, 1.165) is 16.5 Å². The first-order valence-corrected chi connectivity index (χ1v) is 7.74. The number of hydrogen-bond donors (Lipinski definition) is 1. The van der Waals surface area contributed by atoms with Gasteiger partial charge in [0.1, 0.15) is 0 Å². The van der Waals surface area contributed by atoms with Gasteiger partial charge in [-0.25, -0.2) is 0 Å². The predicted molar refractivity (Wildman–Crippen MR) is 75.9 cm³/mol. The molecular weight excluding hydrogens is 338 g/mol. The molecule has 4 atom stereocenters. The SMILES string of the molecule is O=C(NCc1ccccc1Br)[C@@H]1[C@H](C(=O)[O-])[C@@H]2CC[C@H]1O2. The molecular formula is C15H15BrNO4-. The summed E-state index contributed by atoms with van der Waals surface area (Å²) in [5.74, 6) is -2.94. The Morgan fingerprint density at radius 2 is 1.90 bits per heavy atom. The van der Waals surface area contributed by atoms with Crippen molar-refractivity contribution < 1.29 is 19.4 Å². The van der Waals surface area contributed by atoms with Gasteiger partial charge in [-0.15, -0.1) is 0 Å². The Balaban J connectivity index is 1.68. The lowest BCUT2D eigenvalue weighted by molar-refractivity contribution is -0.314. The Morgan fingerprint density at radius 1 is 1.24 bits per heavy atom. The van der Waals surface area contributed by atoms with Crippen LogP contribution in [0.2, 0.25) is 0 Å². The molecule has 1 N–H and O–H groups in total. The lowest BCUT2D eigenvalue weighted by Gasteiger charge is -2.27. The van der Waals surface area contributed by atoms with Crippen molar-refractivity contribution in [2.45, 2.75) is 31.6 Å². The molecule has 2 saturated heterocycles. The molecule has 1 amide bonds. The van der Waals surface area contributed by atoms with E-state index in [-0.39, 0.29) is 18.1 Å². The second-order valence-corrected chi connectivity index (χ2v) is 6.32. The van der Waals surface area contributed by atoms with Crippen LogP contribution in [0.1, 0.15) is 18.4 Å². The minimum Gasteiger partial charge on any atom is -0.550 e. The molecule has 2 aliphatic rings. The Morgan fingerprint density at radius 3 is 2.57 bits per heavy atom. The number of hydrogen-bond acceptors (Lipinski definition) is 4. The summed E-state index contributed by atoms with van der Waals surface area (Å²) in [5.41, 5.74) is 0.944. The zero-order valence-electron chi connectivity index (χ0n) is 11.3. The van der Waals surface area contributed by atoms with Gasteiger partial charge >= 0.3 is 0 Å². The molecule has 5 nitrogen and oxygen atoms in total. The number of carbonyl (C=O) groups excluding carboxylic acids is 2. The van der Waals surface area contributed by atoms with E-state index in [1.54, 1.807) is 0 Å². The summed E-state index contributed by atoms with van der Waals surface area (Å²) in [6.07, 6.45) is 0.759. The Labute approximate surface area is 130 Å². The summed E-state index contributed by atoms with van der Waals surface area (Å²) in [4.78, 5) is 23.6. The van der Waals surface area contributed by atoms with Crippen LogP contribution in [0.25, 0.3) is 0 Å². The van der Waals surface area contributed by atoms with Crippen molar-refractivity contribution in [2.24, 2.45) is 11.8 Å². The second kappa shape index (κ2) is 5.77. The van der Waals surface area contributed by atoms with Gasteiger partial charge in [0.05, 0.1) is 18.1 Å². The molecule has 0 saturated carbocycles. The number of carboxylic acid groups (broad SMARTS) is 1. The Hall–Kier alpha value is -1.40. The van der Waals surface area contributed by atoms with Gasteiger partial charge in [-0.05, 0) is 24.5 Å². The molecule has 2 aliphatic heterocycles. The van der Waals surface area contributed by atoms with Crippen LogP contribution in [0, 0.1) is 11.8 Å². The van der Waals surface area contributed by atoms with Gasteiger partial charge in [0.25, 0.3) is 0 Å². The standard InChI is InChI=1S/C15H16BrNO4/c16-9-4-2-1-3-8(9)7-17-14(18)12-10-5-6-11(21-10)13(12)15(19)20/h1-4,10-13H,5-7H2,(H,17,18)(H,19,20)/p-1/t10-,11+,12+,13-/m1/s1. The maximum Gasteiger partial charge on any atom is 0.226 e. The highest BCUT2D eigenvalue weighted by Gasteiger charge is 2.52. The number of benzene rings is 1. The van der Waals surface area contributed by atoms with Crippen LogP contribution in [0.4, 0.5) is 0 Å². The fraction of sp³-hybridized carbons (Fsp3) is 0.467. The Kier molecular flexibility index (Phi) is 3.99. The summed E-state index contributed by atoms with van der Waals surface area (Å²) in [5, 5.41) is 14.1. The maximum absolute atomic E-state index is 12.3. The minimum atomic E-state index is -1.19. The highest BCUT2D eigenvalue weighted by atomic mass is 79.9. The van der Waals surface area contributed by atoms with E-state index in [9.17, 15) is 14.7 Å². The third kappa shape index (κ3) is 2.70. The Bertz CT molecular complexity index is 577. The molecule has 1 aromatic rings. The summed E-state index contributed by atoms with van der Waals surface area (Å²) < 4.78 is 6.47. The molecule has 1 aromatic carbocycles. The van der Waals surface area contributed by atoms with E-state index in [2.05, 4.69) is 21.2 Å². The molecule has 112 valence electrons. The largest absolute Gasteiger partial charge is 0.550 e. The van der Waals surface area contributed by atoms with Gasteiger partial charge < -0.3 is 20.0 Å². The van der Waals surface area contributed by atoms with E-state index in [4.69, 9.17) is 4.74 Å². The monoisotopic (exact) mass is 352 g/mol. The van der Waals surface area contributed by atoms with Crippen molar-refractivity contribution in [2.75, 3.05) is 0 Å². The fourth-order valence-electron chi connectivity index (χ4n) is 3.25. The quantitative estimate of drug-likeness (QED) is 0.860. The molecule has 0 aromatic heterocycles. The normalized spacial score (nSPS) is 30.3. The average molecular weight is 353 g/mol. The van der Waals surface area contributed by atoms with Crippen LogP contribution in [-0.4, -0.2) is 24.1 Å². The van der Waals surface area contributed by atoms with Crippen molar-refractivity contribution in [1.82, 2.24) is 5.32 Å². The highest BCUT2D eigenvalue weighted by molar-refractivity contribution is 9.10. The van der Waals surface area contributed by atoms with Crippen LogP contribution >= 0.6 is 15.9 Å². The zero-order chi connectivity index (χ0) is 15.0. The van der Waals surface area contributed by atoms with Gasteiger partial charge in [-0.1, -0.05) is 34.1 Å². The second-order valence-electron chi connectivity index (χ2n) is 5.47. The molecule has 6 heteroatoms. The van der Waals surface area contributed by atoms with E-state index < -0.39 is 17.8 Å². The first-order chi connectivity index (χ1) is 10.1. The maximum atomic E-state index is 12.3. The minimum absolute atomic E-state index is 0.271. The number of fused-ring (bicyclic) bond motifs is 2. The van der Waals surface area contributed by atoms with Crippen LogP contribution in [-0.2, 0) is 20.9 Å². The van der Waals surface area contributed by atoms with Crippen LogP contribution in [0.15, 0.2) is 28.7 Å². The number of amides is 1. The third-order valence-corrected chi connectivity index (χ3v) is 5.03. The molecule has 0 aliphatic carbocycles. The van der Waals surface area contributed by atoms with E-state index in [1.165, 1.54) is 0 Å². The highest BCUT2D eigenvalue weighted by Crippen LogP contribution is 2.43. The number of carboxylic acids is 1. The van der Waals surface area contributed by atoms with Gasteiger partial charge in [0, 0.05) is 22.9 Å². The van der Waals surface area contributed by atoms with Crippen molar-refractivity contribution in [3.8, 4) is 0 Å². The number of carbonyl (C=O) groups is 2. The third-order valence-electron chi connectivity index (χ3n) is 4.26. The molecule has 2 bridgehead atoms.